The molecule has 0 heterocycles. The molecule has 0 saturated heterocycles. The molecule has 0 aromatic heterocycles. The SMILES string of the molecule is COc1ccc(C(CCC(=O)O)C(=O)O)cc1Cl. The van der Waals surface area contributed by atoms with E-state index >= 15 is 0 Å². The number of hydrogen-bond acceptors (Lipinski definition) is 3. The Morgan fingerprint density at radius 2 is 2.06 bits per heavy atom. The summed E-state index contributed by atoms with van der Waals surface area (Å²) in [7, 11) is 1.46. The summed E-state index contributed by atoms with van der Waals surface area (Å²) in [5.74, 6) is -2.54. The first-order valence-electron chi connectivity index (χ1n) is 5.23. The lowest BCUT2D eigenvalue weighted by molar-refractivity contribution is -0.140. The Labute approximate surface area is 109 Å². The van der Waals surface area contributed by atoms with E-state index in [1.807, 2.05) is 0 Å². The number of carboxylic acid groups (broad SMARTS) is 2. The number of rotatable bonds is 6. The summed E-state index contributed by atoms with van der Waals surface area (Å²) in [4.78, 5) is 21.6. The van der Waals surface area contributed by atoms with Crippen molar-refractivity contribution >= 4 is 23.5 Å². The summed E-state index contributed by atoms with van der Waals surface area (Å²) in [6, 6.07) is 4.63. The van der Waals surface area contributed by atoms with Crippen molar-refractivity contribution in [2.45, 2.75) is 18.8 Å². The van der Waals surface area contributed by atoms with Gasteiger partial charge in [0, 0.05) is 6.42 Å². The fourth-order valence-corrected chi connectivity index (χ4v) is 1.87. The fraction of sp³-hybridized carbons (Fsp3) is 0.333. The van der Waals surface area contributed by atoms with E-state index in [9.17, 15) is 9.59 Å². The van der Waals surface area contributed by atoms with Crippen molar-refractivity contribution in [3.8, 4) is 5.75 Å². The van der Waals surface area contributed by atoms with Gasteiger partial charge in [-0.3, -0.25) is 9.59 Å². The first kappa shape index (κ1) is 14.3. The quantitative estimate of drug-likeness (QED) is 0.831. The summed E-state index contributed by atoms with van der Waals surface area (Å²) in [6.07, 6.45) is -0.187. The molecule has 1 rings (SSSR count). The molecule has 1 aromatic carbocycles. The van der Waals surface area contributed by atoms with Crippen LogP contribution in [0.1, 0.15) is 24.3 Å². The highest BCUT2D eigenvalue weighted by molar-refractivity contribution is 6.32. The Balaban J connectivity index is 2.95. The van der Waals surface area contributed by atoms with Gasteiger partial charge in [-0.1, -0.05) is 17.7 Å². The number of halogens is 1. The minimum atomic E-state index is -1.07. The van der Waals surface area contributed by atoms with Gasteiger partial charge in [-0.25, -0.2) is 0 Å². The van der Waals surface area contributed by atoms with Crippen LogP contribution in [-0.2, 0) is 9.59 Å². The first-order chi connectivity index (χ1) is 8.45. The van der Waals surface area contributed by atoms with Gasteiger partial charge in [-0.2, -0.15) is 0 Å². The summed E-state index contributed by atoms with van der Waals surface area (Å²) >= 11 is 5.91. The largest absolute Gasteiger partial charge is 0.495 e. The molecule has 2 N–H and O–H groups in total. The van der Waals surface area contributed by atoms with Crippen molar-refractivity contribution in [2.24, 2.45) is 0 Å². The number of benzene rings is 1. The summed E-state index contributed by atoms with van der Waals surface area (Å²) in [5.41, 5.74) is 0.467. The molecule has 1 unspecified atom stereocenters. The maximum atomic E-state index is 11.1. The molecule has 0 aliphatic carbocycles. The lowest BCUT2D eigenvalue weighted by atomic mass is 9.94. The van der Waals surface area contributed by atoms with Gasteiger partial charge in [0.15, 0.2) is 0 Å². The molecule has 1 atom stereocenters. The van der Waals surface area contributed by atoms with Gasteiger partial charge in [-0.15, -0.1) is 0 Å². The third kappa shape index (κ3) is 3.63. The van der Waals surface area contributed by atoms with E-state index in [-0.39, 0.29) is 12.8 Å². The predicted molar refractivity (Wildman–Crippen MR) is 65.3 cm³/mol. The van der Waals surface area contributed by atoms with Crippen LogP contribution in [0.3, 0.4) is 0 Å². The minimum absolute atomic E-state index is 0.0212. The fourth-order valence-electron chi connectivity index (χ4n) is 1.60. The van der Waals surface area contributed by atoms with Gasteiger partial charge in [-0.05, 0) is 24.1 Å². The molecule has 5 nitrogen and oxygen atoms in total. The predicted octanol–water partition coefficient (Wildman–Crippen LogP) is 2.38. The standard InChI is InChI=1S/C12H13ClO5/c1-18-10-4-2-7(6-9(10)13)8(12(16)17)3-5-11(14)15/h2,4,6,8H,3,5H2,1H3,(H,14,15)(H,16,17). The van der Waals surface area contributed by atoms with Gasteiger partial charge in [0.1, 0.15) is 5.75 Å². The molecule has 98 valence electrons. The Morgan fingerprint density at radius 3 is 2.50 bits per heavy atom. The van der Waals surface area contributed by atoms with Crippen LogP contribution in [-0.4, -0.2) is 29.3 Å². The number of carbonyl (C=O) groups is 2. The molecule has 0 aliphatic heterocycles. The molecule has 0 aliphatic rings. The Bertz CT molecular complexity index is 458. The molecular weight excluding hydrogens is 260 g/mol. The number of hydrogen-bond donors (Lipinski definition) is 2. The van der Waals surface area contributed by atoms with E-state index in [1.54, 1.807) is 12.1 Å². The van der Waals surface area contributed by atoms with E-state index in [2.05, 4.69) is 0 Å². The van der Waals surface area contributed by atoms with E-state index in [0.717, 1.165) is 0 Å². The normalized spacial score (nSPS) is 11.9. The van der Waals surface area contributed by atoms with Crippen molar-refractivity contribution in [3.05, 3.63) is 28.8 Å². The van der Waals surface area contributed by atoms with E-state index in [4.69, 9.17) is 26.6 Å². The lowest BCUT2D eigenvalue weighted by Gasteiger charge is -2.13. The average Bonchev–Trinajstić information content (AvgIpc) is 2.28. The van der Waals surface area contributed by atoms with Gasteiger partial charge < -0.3 is 14.9 Å². The molecule has 1 aromatic rings. The summed E-state index contributed by atoms with van der Waals surface area (Å²) in [6.45, 7) is 0. The molecule has 0 bridgehead atoms. The molecule has 0 fully saturated rings. The monoisotopic (exact) mass is 272 g/mol. The number of ether oxygens (including phenoxy) is 1. The van der Waals surface area contributed by atoms with Crippen molar-refractivity contribution in [3.63, 3.8) is 0 Å². The third-order valence-electron chi connectivity index (χ3n) is 2.52. The van der Waals surface area contributed by atoms with E-state index in [0.29, 0.717) is 16.3 Å². The molecular formula is C12H13ClO5. The van der Waals surface area contributed by atoms with Crippen molar-refractivity contribution < 1.29 is 24.5 Å². The second kappa shape index (κ2) is 6.26. The minimum Gasteiger partial charge on any atom is -0.495 e. The van der Waals surface area contributed by atoms with Gasteiger partial charge >= 0.3 is 11.9 Å². The zero-order chi connectivity index (χ0) is 13.7. The van der Waals surface area contributed by atoms with Crippen LogP contribution in [0.25, 0.3) is 0 Å². The summed E-state index contributed by atoms with van der Waals surface area (Å²) < 4.78 is 4.96. The van der Waals surface area contributed by atoms with E-state index < -0.39 is 17.9 Å². The van der Waals surface area contributed by atoms with Crippen LogP contribution in [0.15, 0.2) is 18.2 Å². The maximum Gasteiger partial charge on any atom is 0.310 e. The average molecular weight is 273 g/mol. The highest BCUT2D eigenvalue weighted by Crippen LogP contribution is 2.30. The Hall–Kier alpha value is -1.75. The summed E-state index contributed by atoms with van der Waals surface area (Å²) in [5, 5.41) is 18.0. The maximum absolute atomic E-state index is 11.1. The second-order valence-corrected chi connectivity index (χ2v) is 4.12. The second-order valence-electron chi connectivity index (χ2n) is 3.72. The first-order valence-corrected chi connectivity index (χ1v) is 5.61. The number of aliphatic carboxylic acids is 2. The van der Waals surface area contributed by atoms with Crippen LogP contribution in [0.5, 0.6) is 5.75 Å². The molecule has 18 heavy (non-hydrogen) atoms. The molecule has 0 radical (unpaired) electrons. The van der Waals surface area contributed by atoms with Crippen LogP contribution in [0.4, 0.5) is 0 Å². The lowest BCUT2D eigenvalue weighted by Crippen LogP contribution is -2.13. The van der Waals surface area contributed by atoms with Crippen molar-refractivity contribution in [2.75, 3.05) is 7.11 Å². The molecule has 0 amide bonds. The van der Waals surface area contributed by atoms with Crippen molar-refractivity contribution in [1.82, 2.24) is 0 Å². The number of methoxy groups -OCH3 is 1. The molecule has 0 spiro atoms. The highest BCUT2D eigenvalue weighted by Gasteiger charge is 2.21. The zero-order valence-corrected chi connectivity index (χ0v) is 10.5. The zero-order valence-electron chi connectivity index (χ0n) is 9.72. The smallest absolute Gasteiger partial charge is 0.310 e. The van der Waals surface area contributed by atoms with Gasteiger partial charge in [0.05, 0.1) is 18.1 Å². The van der Waals surface area contributed by atoms with Crippen molar-refractivity contribution in [1.29, 1.82) is 0 Å². The Morgan fingerprint density at radius 1 is 1.39 bits per heavy atom. The van der Waals surface area contributed by atoms with E-state index in [1.165, 1.54) is 13.2 Å². The van der Waals surface area contributed by atoms with Gasteiger partial charge in [0.25, 0.3) is 0 Å². The molecule has 6 heteroatoms. The van der Waals surface area contributed by atoms with Gasteiger partial charge in [0.2, 0.25) is 0 Å². The highest BCUT2D eigenvalue weighted by atomic mass is 35.5. The Kier molecular flexibility index (Phi) is 4.97. The number of carboxylic acids is 2. The van der Waals surface area contributed by atoms with Crippen LogP contribution < -0.4 is 4.74 Å². The topological polar surface area (TPSA) is 83.8 Å². The van der Waals surface area contributed by atoms with Crippen LogP contribution in [0, 0.1) is 0 Å². The molecule has 0 saturated carbocycles. The third-order valence-corrected chi connectivity index (χ3v) is 2.82. The van der Waals surface area contributed by atoms with Crippen LogP contribution in [0.2, 0.25) is 5.02 Å². The van der Waals surface area contributed by atoms with Crippen LogP contribution >= 0.6 is 11.6 Å².